The predicted molar refractivity (Wildman–Crippen MR) is 92.1 cm³/mol. The number of benzene rings is 1. The molecule has 0 aliphatic carbocycles. The highest BCUT2D eigenvalue weighted by Gasteiger charge is 2.29. The van der Waals surface area contributed by atoms with Crippen molar-refractivity contribution in [3.8, 4) is 0 Å². The van der Waals surface area contributed by atoms with E-state index in [0.717, 1.165) is 38.5 Å². The van der Waals surface area contributed by atoms with E-state index in [-0.39, 0.29) is 4.87 Å². The van der Waals surface area contributed by atoms with E-state index < -0.39 is 0 Å². The quantitative estimate of drug-likeness (QED) is 0.526. The van der Waals surface area contributed by atoms with Crippen molar-refractivity contribution in [3.63, 3.8) is 0 Å². The molecule has 0 amide bonds. The number of hydrogen-bond acceptors (Lipinski definition) is 0. The molecule has 0 aliphatic heterocycles. The molecule has 0 aromatic heterocycles. The highest BCUT2D eigenvalue weighted by molar-refractivity contribution is 6.24. The monoisotopic (exact) mass is 294 g/mol. The normalized spacial score (nSPS) is 11.9. The summed E-state index contributed by atoms with van der Waals surface area (Å²) < 4.78 is 0. The zero-order chi connectivity index (χ0) is 15.3. The SMILES string of the molecule is CCc1cc(C(Cl)(CC)CC)c(CC)c(CC)c1CC. The summed E-state index contributed by atoms with van der Waals surface area (Å²) in [5, 5.41) is 0. The van der Waals surface area contributed by atoms with Gasteiger partial charge in [0.05, 0.1) is 4.87 Å². The maximum Gasteiger partial charge on any atom is 0.0692 e. The first-order valence-electron chi connectivity index (χ1n) is 8.38. The predicted octanol–water partition coefficient (Wildman–Crippen LogP) is 6.19. The summed E-state index contributed by atoms with van der Waals surface area (Å²) in [6.45, 7) is 13.5. The van der Waals surface area contributed by atoms with Gasteiger partial charge in [-0.15, -0.1) is 11.6 Å². The number of hydrogen-bond donors (Lipinski definition) is 0. The Morgan fingerprint density at radius 2 is 1.25 bits per heavy atom. The lowest BCUT2D eigenvalue weighted by molar-refractivity contribution is 0.559. The second kappa shape index (κ2) is 7.50. The zero-order valence-corrected chi connectivity index (χ0v) is 15.0. The van der Waals surface area contributed by atoms with Crippen LogP contribution >= 0.6 is 11.6 Å². The molecule has 114 valence electrons. The molecule has 1 aromatic rings. The van der Waals surface area contributed by atoms with Crippen LogP contribution in [0.1, 0.15) is 82.2 Å². The van der Waals surface area contributed by atoms with Gasteiger partial charge in [0.2, 0.25) is 0 Å². The van der Waals surface area contributed by atoms with Gasteiger partial charge in [-0.1, -0.05) is 47.6 Å². The lowest BCUT2D eigenvalue weighted by Crippen LogP contribution is -2.21. The minimum absolute atomic E-state index is 0.189. The molecule has 0 heterocycles. The molecule has 0 unspecified atom stereocenters. The summed E-state index contributed by atoms with van der Waals surface area (Å²) in [6, 6.07) is 2.41. The van der Waals surface area contributed by atoms with Crippen LogP contribution in [0, 0.1) is 0 Å². The Morgan fingerprint density at radius 1 is 0.750 bits per heavy atom. The lowest BCUT2D eigenvalue weighted by Gasteiger charge is -2.31. The molecule has 0 saturated carbocycles. The van der Waals surface area contributed by atoms with Gasteiger partial charge < -0.3 is 0 Å². The molecule has 0 spiro atoms. The second-order valence-corrected chi connectivity index (χ2v) is 6.33. The third-order valence-electron chi connectivity index (χ3n) is 4.80. The van der Waals surface area contributed by atoms with Crippen LogP contribution in [0.5, 0.6) is 0 Å². The first-order valence-corrected chi connectivity index (χ1v) is 8.76. The Labute approximate surface area is 130 Å². The van der Waals surface area contributed by atoms with Gasteiger partial charge in [-0.2, -0.15) is 0 Å². The van der Waals surface area contributed by atoms with Crippen LogP contribution in [-0.4, -0.2) is 0 Å². The highest BCUT2D eigenvalue weighted by atomic mass is 35.5. The van der Waals surface area contributed by atoms with Gasteiger partial charge in [-0.05, 0) is 66.3 Å². The summed E-state index contributed by atoms with van der Waals surface area (Å²) >= 11 is 6.97. The number of halogens is 1. The van der Waals surface area contributed by atoms with E-state index in [1.54, 1.807) is 11.1 Å². The molecule has 1 aromatic carbocycles. The van der Waals surface area contributed by atoms with Crippen LogP contribution in [0.2, 0.25) is 0 Å². The van der Waals surface area contributed by atoms with E-state index >= 15 is 0 Å². The van der Waals surface area contributed by atoms with E-state index in [9.17, 15) is 0 Å². The molecule has 1 rings (SSSR count). The average molecular weight is 295 g/mol. The van der Waals surface area contributed by atoms with E-state index in [2.05, 4.69) is 47.6 Å². The fourth-order valence-electron chi connectivity index (χ4n) is 3.50. The van der Waals surface area contributed by atoms with Gasteiger partial charge in [0, 0.05) is 0 Å². The van der Waals surface area contributed by atoms with Crippen molar-refractivity contribution in [1.29, 1.82) is 0 Å². The first-order chi connectivity index (χ1) is 9.52. The zero-order valence-electron chi connectivity index (χ0n) is 14.2. The molecule has 0 N–H and O–H groups in total. The molecule has 20 heavy (non-hydrogen) atoms. The number of aryl methyl sites for hydroxylation is 1. The molecular weight excluding hydrogens is 264 g/mol. The maximum absolute atomic E-state index is 6.97. The molecule has 0 bridgehead atoms. The average Bonchev–Trinajstić information content (AvgIpc) is 2.51. The van der Waals surface area contributed by atoms with Gasteiger partial charge in [0.25, 0.3) is 0 Å². The van der Waals surface area contributed by atoms with Gasteiger partial charge in [0.1, 0.15) is 0 Å². The fraction of sp³-hybridized carbons (Fsp3) is 0.684. The van der Waals surface area contributed by atoms with Crippen molar-refractivity contribution in [3.05, 3.63) is 33.9 Å². The van der Waals surface area contributed by atoms with Crippen molar-refractivity contribution < 1.29 is 0 Å². The van der Waals surface area contributed by atoms with Gasteiger partial charge in [-0.25, -0.2) is 0 Å². The van der Waals surface area contributed by atoms with Crippen LogP contribution in [0.4, 0.5) is 0 Å². The van der Waals surface area contributed by atoms with Gasteiger partial charge >= 0.3 is 0 Å². The summed E-state index contributed by atoms with van der Waals surface area (Å²) in [5.74, 6) is 0. The third-order valence-corrected chi connectivity index (χ3v) is 5.54. The van der Waals surface area contributed by atoms with Crippen LogP contribution in [0.3, 0.4) is 0 Å². The third kappa shape index (κ3) is 3.06. The number of alkyl halides is 1. The summed E-state index contributed by atoms with van der Waals surface area (Å²) in [7, 11) is 0. The summed E-state index contributed by atoms with van der Waals surface area (Å²) in [6.07, 6.45) is 6.43. The fourth-order valence-corrected chi connectivity index (χ4v) is 3.67. The van der Waals surface area contributed by atoms with Crippen molar-refractivity contribution >= 4 is 11.6 Å². The van der Waals surface area contributed by atoms with Crippen molar-refractivity contribution in [2.24, 2.45) is 0 Å². The highest BCUT2D eigenvalue weighted by Crippen LogP contribution is 2.41. The Bertz CT molecular complexity index is 442. The molecule has 1 heteroatoms. The summed E-state index contributed by atoms with van der Waals surface area (Å²) in [4.78, 5) is -0.189. The molecule has 0 atom stereocenters. The van der Waals surface area contributed by atoms with Crippen LogP contribution in [-0.2, 0) is 30.6 Å². The van der Waals surface area contributed by atoms with Gasteiger partial charge in [-0.3, -0.25) is 0 Å². The standard InChI is InChI=1S/C19H31Cl/c1-7-14-13-18(19(20,11-5)12-6)17(10-4)16(9-3)15(14)8-2/h13H,7-12H2,1-6H3. The van der Waals surface area contributed by atoms with Crippen LogP contribution in [0.15, 0.2) is 6.07 Å². The smallest absolute Gasteiger partial charge is 0.0692 e. The van der Waals surface area contributed by atoms with Gasteiger partial charge in [0.15, 0.2) is 0 Å². The van der Waals surface area contributed by atoms with Crippen LogP contribution in [0.25, 0.3) is 0 Å². The minimum atomic E-state index is -0.189. The van der Waals surface area contributed by atoms with Crippen molar-refractivity contribution in [1.82, 2.24) is 0 Å². The molecule has 0 nitrogen and oxygen atoms in total. The molecule has 0 aliphatic rings. The van der Waals surface area contributed by atoms with Crippen LogP contribution < -0.4 is 0 Å². The maximum atomic E-state index is 6.97. The lowest BCUT2D eigenvalue weighted by atomic mass is 9.80. The van der Waals surface area contributed by atoms with E-state index in [4.69, 9.17) is 11.6 Å². The second-order valence-electron chi connectivity index (χ2n) is 5.61. The Kier molecular flexibility index (Phi) is 6.58. The molecule has 0 fully saturated rings. The Hall–Kier alpha value is -0.490. The minimum Gasteiger partial charge on any atom is -0.114 e. The molecule has 0 radical (unpaired) electrons. The summed E-state index contributed by atoms with van der Waals surface area (Å²) in [5.41, 5.74) is 7.55. The topological polar surface area (TPSA) is 0 Å². The van der Waals surface area contributed by atoms with E-state index in [1.165, 1.54) is 16.7 Å². The largest absolute Gasteiger partial charge is 0.114 e. The van der Waals surface area contributed by atoms with E-state index in [0.29, 0.717) is 0 Å². The Morgan fingerprint density at radius 3 is 1.60 bits per heavy atom. The molecular formula is C19H31Cl. The molecule has 0 saturated heterocycles. The van der Waals surface area contributed by atoms with Crippen molar-refractivity contribution in [2.45, 2.75) is 84.9 Å². The Balaban J connectivity index is 3.67. The van der Waals surface area contributed by atoms with Crippen molar-refractivity contribution in [2.75, 3.05) is 0 Å². The van der Waals surface area contributed by atoms with E-state index in [1.807, 2.05) is 0 Å². The number of rotatable bonds is 7. The first kappa shape index (κ1) is 17.6.